The molecule has 0 unspecified atom stereocenters. The van der Waals surface area contributed by atoms with Crippen LogP contribution < -0.4 is 5.32 Å². The third-order valence-electron chi connectivity index (χ3n) is 2.58. The van der Waals surface area contributed by atoms with Gasteiger partial charge in [0.15, 0.2) is 0 Å². The second kappa shape index (κ2) is 7.69. The highest BCUT2D eigenvalue weighted by Crippen LogP contribution is 2.09. The quantitative estimate of drug-likeness (QED) is 0.735. The SMILES string of the molecule is CSCCCCNCc1cc(F)ccc1C. The van der Waals surface area contributed by atoms with Gasteiger partial charge in [0.25, 0.3) is 0 Å². The molecule has 0 fully saturated rings. The topological polar surface area (TPSA) is 12.0 Å². The Bertz CT molecular complexity index is 315. The molecule has 0 bridgehead atoms. The van der Waals surface area contributed by atoms with Crippen molar-refractivity contribution in [1.29, 1.82) is 0 Å². The van der Waals surface area contributed by atoms with E-state index in [-0.39, 0.29) is 5.82 Å². The van der Waals surface area contributed by atoms with Crippen LogP contribution in [0.4, 0.5) is 4.39 Å². The van der Waals surface area contributed by atoms with Gasteiger partial charge in [-0.25, -0.2) is 4.39 Å². The maximum absolute atomic E-state index is 13.0. The molecule has 1 aromatic rings. The summed E-state index contributed by atoms with van der Waals surface area (Å²) in [5.74, 6) is 1.07. The fourth-order valence-electron chi connectivity index (χ4n) is 1.55. The minimum Gasteiger partial charge on any atom is -0.313 e. The van der Waals surface area contributed by atoms with E-state index in [9.17, 15) is 4.39 Å². The molecule has 1 aromatic carbocycles. The number of unbranched alkanes of at least 4 members (excludes halogenated alkanes) is 1. The van der Waals surface area contributed by atoms with Gasteiger partial charge in [-0.05, 0) is 61.6 Å². The molecule has 0 aliphatic heterocycles. The Hall–Kier alpha value is -0.540. The van der Waals surface area contributed by atoms with E-state index < -0.39 is 0 Å². The van der Waals surface area contributed by atoms with Crippen molar-refractivity contribution >= 4 is 11.8 Å². The lowest BCUT2D eigenvalue weighted by Crippen LogP contribution is -2.15. The molecule has 1 nitrogen and oxygen atoms in total. The van der Waals surface area contributed by atoms with Gasteiger partial charge in [0, 0.05) is 6.54 Å². The van der Waals surface area contributed by atoms with Crippen LogP contribution in [0, 0.1) is 12.7 Å². The summed E-state index contributed by atoms with van der Waals surface area (Å²) >= 11 is 1.88. The first-order chi connectivity index (χ1) is 7.74. The fraction of sp³-hybridized carbons (Fsp3) is 0.538. The summed E-state index contributed by atoms with van der Waals surface area (Å²) in [6.07, 6.45) is 4.56. The number of hydrogen-bond donors (Lipinski definition) is 1. The van der Waals surface area contributed by atoms with Gasteiger partial charge in [-0.1, -0.05) is 6.07 Å². The van der Waals surface area contributed by atoms with E-state index in [1.165, 1.54) is 24.7 Å². The zero-order valence-electron chi connectivity index (χ0n) is 10.1. The molecule has 1 N–H and O–H groups in total. The number of nitrogens with one attached hydrogen (secondary N) is 1. The molecule has 3 heteroatoms. The molecular formula is C13H20FNS. The maximum Gasteiger partial charge on any atom is 0.123 e. The van der Waals surface area contributed by atoms with E-state index in [1.54, 1.807) is 6.07 Å². The Labute approximate surface area is 102 Å². The van der Waals surface area contributed by atoms with Crippen LogP contribution in [0.1, 0.15) is 24.0 Å². The summed E-state index contributed by atoms with van der Waals surface area (Å²) in [5, 5.41) is 3.35. The van der Waals surface area contributed by atoms with Gasteiger partial charge in [0.05, 0.1) is 0 Å². The molecule has 0 radical (unpaired) electrons. The second-order valence-electron chi connectivity index (χ2n) is 3.95. The predicted octanol–water partition coefficient (Wildman–Crippen LogP) is 3.37. The van der Waals surface area contributed by atoms with Gasteiger partial charge in [0.2, 0.25) is 0 Å². The Balaban J connectivity index is 2.23. The molecule has 0 aromatic heterocycles. The lowest BCUT2D eigenvalue weighted by Gasteiger charge is -2.07. The van der Waals surface area contributed by atoms with Crippen molar-refractivity contribution in [2.75, 3.05) is 18.6 Å². The summed E-state index contributed by atoms with van der Waals surface area (Å²) < 4.78 is 13.0. The molecule has 1 rings (SSSR count). The van der Waals surface area contributed by atoms with Crippen LogP contribution in [0.2, 0.25) is 0 Å². The van der Waals surface area contributed by atoms with Crippen LogP contribution in [0.25, 0.3) is 0 Å². The summed E-state index contributed by atoms with van der Waals surface area (Å²) in [4.78, 5) is 0. The first kappa shape index (κ1) is 13.5. The van der Waals surface area contributed by atoms with Crippen molar-refractivity contribution in [2.24, 2.45) is 0 Å². The third-order valence-corrected chi connectivity index (χ3v) is 3.28. The highest BCUT2D eigenvalue weighted by Gasteiger charge is 1.99. The van der Waals surface area contributed by atoms with Crippen molar-refractivity contribution < 1.29 is 4.39 Å². The molecule has 0 spiro atoms. The van der Waals surface area contributed by atoms with Crippen LogP contribution in [-0.2, 0) is 6.54 Å². The molecule has 0 heterocycles. The minimum absolute atomic E-state index is 0.148. The van der Waals surface area contributed by atoms with Crippen LogP contribution in [0.15, 0.2) is 18.2 Å². The number of rotatable bonds is 7. The highest BCUT2D eigenvalue weighted by molar-refractivity contribution is 7.98. The number of hydrogen-bond acceptors (Lipinski definition) is 2. The van der Waals surface area contributed by atoms with Gasteiger partial charge in [-0.3, -0.25) is 0 Å². The van der Waals surface area contributed by atoms with Crippen molar-refractivity contribution in [3.05, 3.63) is 35.1 Å². The van der Waals surface area contributed by atoms with E-state index in [2.05, 4.69) is 11.6 Å². The first-order valence-electron chi connectivity index (χ1n) is 5.68. The standard InChI is InChI=1S/C13H20FNS/c1-11-5-6-13(14)9-12(11)10-15-7-3-4-8-16-2/h5-6,9,15H,3-4,7-8,10H2,1-2H3. The van der Waals surface area contributed by atoms with Crippen molar-refractivity contribution in [1.82, 2.24) is 5.32 Å². The zero-order chi connectivity index (χ0) is 11.8. The van der Waals surface area contributed by atoms with Crippen LogP contribution >= 0.6 is 11.8 Å². The zero-order valence-corrected chi connectivity index (χ0v) is 10.9. The molecule has 0 aliphatic rings. The maximum atomic E-state index is 13.0. The monoisotopic (exact) mass is 241 g/mol. The number of aryl methyl sites for hydroxylation is 1. The van der Waals surface area contributed by atoms with Crippen LogP contribution in [-0.4, -0.2) is 18.6 Å². The van der Waals surface area contributed by atoms with Gasteiger partial charge in [0.1, 0.15) is 5.82 Å². The Morgan fingerprint density at radius 2 is 2.12 bits per heavy atom. The second-order valence-corrected chi connectivity index (χ2v) is 4.93. The van der Waals surface area contributed by atoms with E-state index in [0.29, 0.717) is 0 Å². The molecule has 0 amide bonds. The molecule has 0 aliphatic carbocycles. The Morgan fingerprint density at radius 1 is 1.31 bits per heavy atom. The average Bonchev–Trinajstić information content (AvgIpc) is 2.28. The van der Waals surface area contributed by atoms with Gasteiger partial charge in [-0.15, -0.1) is 0 Å². The van der Waals surface area contributed by atoms with E-state index in [4.69, 9.17) is 0 Å². The number of benzene rings is 1. The average molecular weight is 241 g/mol. The van der Waals surface area contributed by atoms with Gasteiger partial charge < -0.3 is 5.32 Å². The highest BCUT2D eigenvalue weighted by atomic mass is 32.2. The molecule has 0 atom stereocenters. The predicted molar refractivity (Wildman–Crippen MR) is 70.5 cm³/mol. The lowest BCUT2D eigenvalue weighted by molar-refractivity contribution is 0.613. The largest absolute Gasteiger partial charge is 0.313 e. The molecule has 0 saturated heterocycles. The summed E-state index contributed by atoms with van der Waals surface area (Å²) in [6, 6.07) is 4.96. The number of thioether (sulfide) groups is 1. The molecule has 90 valence electrons. The van der Waals surface area contributed by atoms with Crippen LogP contribution in [0.5, 0.6) is 0 Å². The van der Waals surface area contributed by atoms with Crippen LogP contribution in [0.3, 0.4) is 0 Å². The Kier molecular flexibility index (Phi) is 6.50. The molecule has 16 heavy (non-hydrogen) atoms. The van der Waals surface area contributed by atoms with E-state index in [1.807, 2.05) is 24.8 Å². The smallest absolute Gasteiger partial charge is 0.123 e. The third kappa shape index (κ3) is 4.99. The first-order valence-corrected chi connectivity index (χ1v) is 7.08. The van der Waals surface area contributed by atoms with Crippen molar-refractivity contribution in [3.8, 4) is 0 Å². The normalized spacial score (nSPS) is 10.7. The van der Waals surface area contributed by atoms with Crippen molar-refractivity contribution in [2.45, 2.75) is 26.3 Å². The van der Waals surface area contributed by atoms with Crippen molar-refractivity contribution in [3.63, 3.8) is 0 Å². The minimum atomic E-state index is -0.148. The summed E-state index contributed by atoms with van der Waals surface area (Å²) in [6.45, 7) is 3.80. The van der Waals surface area contributed by atoms with E-state index in [0.717, 1.165) is 24.2 Å². The molecular weight excluding hydrogens is 221 g/mol. The molecule has 0 saturated carbocycles. The fourth-order valence-corrected chi connectivity index (χ4v) is 2.04. The van der Waals surface area contributed by atoms with Gasteiger partial charge in [-0.2, -0.15) is 11.8 Å². The van der Waals surface area contributed by atoms with Gasteiger partial charge >= 0.3 is 0 Å². The summed E-state index contributed by atoms with van der Waals surface area (Å²) in [5.41, 5.74) is 2.21. The van der Waals surface area contributed by atoms with E-state index >= 15 is 0 Å². The Morgan fingerprint density at radius 3 is 2.88 bits per heavy atom. The number of halogens is 1. The lowest BCUT2D eigenvalue weighted by atomic mass is 10.1. The summed E-state index contributed by atoms with van der Waals surface area (Å²) in [7, 11) is 0.